The van der Waals surface area contributed by atoms with E-state index in [1.807, 2.05) is 6.92 Å². The van der Waals surface area contributed by atoms with Crippen LogP contribution in [-0.4, -0.2) is 35.1 Å². The molecule has 24 heavy (non-hydrogen) atoms. The van der Waals surface area contributed by atoms with Gasteiger partial charge >= 0.3 is 5.97 Å². The molecular weight excluding hydrogens is 310 g/mol. The number of ether oxygens (including phenoxy) is 1. The van der Waals surface area contributed by atoms with Crippen LogP contribution in [0.4, 0.5) is 5.69 Å². The molecule has 0 aliphatic carbocycles. The normalized spacial score (nSPS) is 15.3. The van der Waals surface area contributed by atoms with Crippen LogP contribution in [0.1, 0.15) is 28.9 Å². The van der Waals surface area contributed by atoms with Crippen LogP contribution in [0, 0.1) is 0 Å². The Morgan fingerprint density at radius 2 is 2.12 bits per heavy atom. The second-order valence-electron chi connectivity index (χ2n) is 5.36. The van der Waals surface area contributed by atoms with Gasteiger partial charge in [-0.05, 0) is 36.8 Å². The number of aromatic nitrogens is 1. The van der Waals surface area contributed by atoms with Crippen LogP contribution in [0.25, 0.3) is 0 Å². The summed E-state index contributed by atoms with van der Waals surface area (Å²) in [7, 11) is 0. The van der Waals surface area contributed by atoms with Gasteiger partial charge in [-0.25, -0.2) is 0 Å². The summed E-state index contributed by atoms with van der Waals surface area (Å²) in [6.45, 7) is 2.71. The first-order valence-corrected chi connectivity index (χ1v) is 7.61. The lowest BCUT2D eigenvalue weighted by Crippen LogP contribution is -2.23. The molecule has 124 valence electrons. The molecule has 1 unspecified atom stereocenters. The van der Waals surface area contributed by atoms with Crippen molar-refractivity contribution in [3.63, 3.8) is 0 Å². The predicted molar refractivity (Wildman–Crippen MR) is 87.6 cm³/mol. The summed E-state index contributed by atoms with van der Waals surface area (Å²) in [4.78, 5) is 27.1. The Morgan fingerprint density at radius 1 is 1.33 bits per heavy atom. The van der Waals surface area contributed by atoms with Crippen LogP contribution in [0.2, 0.25) is 0 Å². The molecule has 0 spiro atoms. The van der Waals surface area contributed by atoms with Gasteiger partial charge in [0.15, 0.2) is 0 Å². The fourth-order valence-corrected chi connectivity index (χ4v) is 2.58. The third kappa shape index (κ3) is 3.15. The van der Waals surface area contributed by atoms with Gasteiger partial charge in [0.05, 0.1) is 0 Å². The topological polar surface area (TPSA) is 101 Å². The number of anilines is 1. The number of amides is 1. The van der Waals surface area contributed by atoms with E-state index in [-0.39, 0.29) is 11.6 Å². The van der Waals surface area contributed by atoms with Crippen LogP contribution in [0.3, 0.4) is 0 Å². The van der Waals surface area contributed by atoms with E-state index in [0.29, 0.717) is 30.2 Å². The molecular formula is C17H17N3O4. The standard InChI is InChI=1S/C17H17N3O4/c1-2-18-16(21)15-8-11(5-6-19-15)24-10-3-4-14-12(7-10)13(9-20-14)17(22)23/h3-8,13,20H,2,9H2,1H3,(H,18,21)(H,22,23). The van der Waals surface area contributed by atoms with E-state index in [1.165, 1.54) is 6.20 Å². The Balaban J connectivity index is 1.82. The van der Waals surface area contributed by atoms with Crippen molar-refractivity contribution in [1.82, 2.24) is 10.3 Å². The Hall–Kier alpha value is -3.09. The minimum absolute atomic E-state index is 0.264. The van der Waals surface area contributed by atoms with Crippen LogP contribution in [-0.2, 0) is 4.79 Å². The quantitative estimate of drug-likeness (QED) is 0.778. The third-order valence-corrected chi connectivity index (χ3v) is 3.73. The average Bonchev–Trinajstić information content (AvgIpc) is 2.99. The molecule has 1 amide bonds. The van der Waals surface area contributed by atoms with Gasteiger partial charge in [0.1, 0.15) is 23.1 Å². The van der Waals surface area contributed by atoms with Gasteiger partial charge in [-0.2, -0.15) is 0 Å². The summed E-state index contributed by atoms with van der Waals surface area (Å²) in [6.07, 6.45) is 1.49. The summed E-state index contributed by atoms with van der Waals surface area (Å²) in [5.41, 5.74) is 1.76. The molecule has 1 atom stereocenters. The number of fused-ring (bicyclic) bond motifs is 1. The number of hydrogen-bond acceptors (Lipinski definition) is 5. The molecule has 7 heteroatoms. The van der Waals surface area contributed by atoms with Gasteiger partial charge in [-0.15, -0.1) is 0 Å². The number of nitrogens with zero attached hydrogens (tertiary/aromatic N) is 1. The number of benzene rings is 1. The maximum absolute atomic E-state index is 11.8. The van der Waals surface area contributed by atoms with Crippen molar-refractivity contribution in [2.75, 3.05) is 18.4 Å². The lowest BCUT2D eigenvalue weighted by Gasteiger charge is -2.10. The second kappa shape index (κ2) is 6.57. The summed E-state index contributed by atoms with van der Waals surface area (Å²) in [5.74, 6) is -0.763. The van der Waals surface area contributed by atoms with Gasteiger partial charge in [-0.3, -0.25) is 14.6 Å². The number of carbonyl (C=O) groups is 2. The van der Waals surface area contributed by atoms with Crippen molar-refractivity contribution < 1.29 is 19.4 Å². The number of carboxylic acids is 1. The fraction of sp³-hybridized carbons (Fsp3) is 0.235. The van der Waals surface area contributed by atoms with Crippen molar-refractivity contribution in [3.05, 3.63) is 47.8 Å². The van der Waals surface area contributed by atoms with Crippen LogP contribution in [0.15, 0.2) is 36.5 Å². The fourth-order valence-electron chi connectivity index (χ4n) is 2.58. The molecule has 7 nitrogen and oxygen atoms in total. The van der Waals surface area contributed by atoms with Gasteiger partial charge in [-0.1, -0.05) is 0 Å². The molecule has 1 aromatic carbocycles. The van der Waals surface area contributed by atoms with Crippen LogP contribution >= 0.6 is 0 Å². The highest BCUT2D eigenvalue weighted by atomic mass is 16.5. The molecule has 0 fully saturated rings. The number of aliphatic carboxylic acids is 1. The third-order valence-electron chi connectivity index (χ3n) is 3.73. The molecule has 0 bridgehead atoms. The van der Waals surface area contributed by atoms with Gasteiger partial charge in [0.2, 0.25) is 0 Å². The minimum atomic E-state index is -0.874. The summed E-state index contributed by atoms with van der Waals surface area (Å²) < 4.78 is 5.76. The number of carboxylic acid groups (broad SMARTS) is 1. The van der Waals surface area contributed by atoms with Gasteiger partial charge in [0, 0.05) is 31.0 Å². The summed E-state index contributed by atoms with van der Waals surface area (Å²) in [5, 5.41) is 15.0. The summed E-state index contributed by atoms with van der Waals surface area (Å²) >= 11 is 0. The zero-order chi connectivity index (χ0) is 17.1. The number of nitrogens with one attached hydrogen (secondary N) is 2. The lowest BCUT2D eigenvalue weighted by molar-refractivity contribution is -0.138. The van der Waals surface area contributed by atoms with E-state index in [4.69, 9.17) is 4.74 Å². The highest BCUT2D eigenvalue weighted by Gasteiger charge is 2.28. The van der Waals surface area contributed by atoms with Crippen molar-refractivity contribution in [1.29, 1.82) is 0 Å². The summed E-state index contributed by atoms with van der Waals surface area (Å²) in [6, 6.07) is 8.44. The zero-order valence-electron chi connectivity index (χ0n) is 13.1. The molecule has 1 aliphatic rings. The minimum Gasteiger partial charge on any atom is -0.481 e. The first kappa shape index (κ1) is 15.8. The largest absolute Gasteiger partial charge is 0.481 e. The molecule has 3 N–H and O–H groups in total. The van der Waals surface area contributed by atoms with E-state index >= 15 is 0 Å². The zero-order valence-corrected chi connectivity index (χ0v) is 13.1. The van der Waals surface area contributed by atoms with Gasteiger partial charge in [0.25, 0.3) is 5.91 Å². The van der Waals surface area contributed by atoms with Gasteiger partial charge < -0.3 is 20.5 Å². The van der Waals surface area contributed by atoms with Crippen molar-refractivity contribution in [2.45, 2.75) is 12.8 Å². The lowest BCUT2D eigenvalue weighted by atomic mass is 10.0. The number of rotatable bonds is 5. The molecule has 1 aliphatic heterocycles. The highest BCUT2D eigenvalue weighted by Crippen LogP contribution is 2.35. The van der Waals surface area contributed by atoms with E-state index < -0.39 is 11.9 Å². The van der Waals surface area contributed by atoms with Crippen LogP contribution in [0.5, 0.6) is 11.5 Å². The molecule has 0 radical (unpaired) electrons. The average molecular weight is 327 g/mol. The molecule has 2 heterocycles. The Bertz CT molecular complexity index is 791. The Kier molecular flexibility index (Phi) is 4.33. The van der Waals surface area contributed by atoms with E-state index in [1.54, 1.807) is 30.3 Å². The molecule has 0 saturated heterocycles. The van der Waals surface area contributed by atoms with E-state index in [2.05, 4.69) is 15.6 Å². The SMILES string of the molecule is CCNC(=O)c1cc(Oc2ccc3c(c2)C(C(=O)O)CN3)ccn1. The van der Waals surface area contributed by atoms with Crippen molar-refractivity contribution in [3.8, 4) is 11.5 Å². The second-order valence-corrected chi connectivity index (χ2v) is 5.36. The predicted octanol–water partition coefficient (Wildman–Crippen LogP) is 2.22. The van der Waals surface area contributed by atoms with Crippen molar-refractivity contribution in [2.24, 2.45) is 0 Å². The molecule has 3 rings (SSSR count). The smallest absolute Gasteiger partial charge is 0.312 e. The highest BCUT2D eigenvalue weighted by molar-refractivity contribution is 5.92. The number of pyridine rings is 1. The van der Waals surface area contributed by atoms with Crippen molar-refractivity contribution >= 4 is 17.6 Å². The monoisotopic (exact) mass is 327 g/mol. The maximum Gasteiger partial charge on any atom is 0.312 e. The Morgan fingerprint density at radius 3 is 2.88 bits per heavy atom. The van der Waals surface area contributed by atoms with E-state index in [9.17, 15) is 14.7 Å². The first-order chi connectivity index (χ1) is 11.6. The van der Waals surface area contributed by atoms with E-state index in [0.717, 1.165) is 5.69 Å². The molecule has 2 aromatic rings. The molecule has 1 aromatic heterocycles. The first-order valence-electron chi connectivity index (χ1n) is 7.61. The Labute approximate surface area is 138 Å². The number of hydrogen-bond donors (Lipinski definition) is 3. The maximum atomic E-state index is 11.8. The molecule has 0 saturated carbocycles. The number of carbonyl (C=O) groups excluding carboxylic acids is 1. The van der Waals surface area contributed by atoms with Crippen LogP contribution < -0.4 is 15.4 Å².